The summed E-state index contributed by atoms with van der Waals surface area (Å²) in [7, 11) is 0. The number of amides is 1. The minimum atomic E-state index is -0.0656. The van der Waals surface area contributed by atoms with Crippen LogP contribution in [0.3, 0.4) is 0 Å². The van der Waals surface area contributed by atoms with Crippen LogP contribution in [0.25, 0.3) is 11.0 Å². The van der Waals surface area contributed by atoms with E-state index in [1.54, 1.807) is 0 Å². The Morgan fingerprint density at radius 1 is 1.19 bits per heavy atom. The standard InChI is InChI=1S/C16H20N2O3/c1-3-17-16(20)10-18(4-2)9-14(19)13-11-21-15-8-6-5-7-12(13)15/h5-8,11H,3-4,9-10H2,1-2H3,(H,17,20). The largest absolute Gasteiger partial charge is 0.464 e. The first-order valence-corrected chi connectivity index (χ1v) is 7.14. The molecule has 0 radical (unpaired) electrons. The lowest BCUT2D eigenvalue weighted by atomic mass is 10.1. The lowest BCUT2D eigenvalue weighted by Crippen LogP contribution is -2.39. The van der Waals surface area contributed by atoms with E-state index in [4.69, 9.17) is 4.42 Å². The number of furan rings is 1. The minimum Gasteiger partial charge on any atom is -0.464 e. The summed E-state index contributed by atoms with van der Waals surface area (Å²) in [5, 5.41) is 3.55. The molecule has 2 rings (SSSR count). The first kappa shape index (κ1) is 15.3. The Hall–Kier alpha value is -2.14. The number of nitrogens with one attached hydrogen (secondary N) is 1. The van der Waals surface area contributed by atoms with E-state index in [9.17, 15) is 9.59 Å². The van der Waals surface area contributed by atoms with Gasteiger partial charge in [-0.2, -0.15) is 0 Å². The molecule has 1 aromatic heterocycles. The van der Waals surface area contributed by atoms with Gasteiger partial charge >= 0.3 is 0 Å². The molecular weight excluding hydrogens is 268 g/mol. The monoisotopic (exact) mass is 288 g/mol. The first-order chi connectivity index (χ1) is 10.2. The van der Waals surface area contributed by atoms with Gasteiger partial charge in [0.05, 0.1) is 18.7 Å². The first-order valence-electron chi connectivity index (χ1n) is 7.14. The van der Waals surface area contributed by atoms with Crippen molar-refractivity contribution in [2.24, 2.45) is 0 Å². The molecule has 0 aliphatic rings. The van der Waals surface area contributed by atoms with Crippen molar-refractivity contribution in [2.75, 3.05) is 26.2 Å². The van der Waals surface area contributed by atoms with E-state index >= 15 is 0 Å². The molecule has 0 atom stereocenters. The Balaban J connectivity index is 2.07. The second-order valence-electron chi connectivity index (χ2n) is 4.83. The molecule has 5 heteroatoms. The van der Waals surface area contributed by atoms with E-state index in [0.717, 1.165) is 5.39 Å². The van der Waals surface area contributed by atoms with Crippen molar-refractivity contribution >= 4 is 22.7 Å². The highest BCUT2D eigenvalue weighted by atomic mass is 16.3. The summed E-state index contributed by atoms with van der Waals surface area (Å²) in [5.41, 5.74) is 1.27. The average Bonchev–Trinajstić information content (AvgIpc) is 2.90. The van der Waals surface area contributed by atoms with E-state index in [2.05, 4.69) is 5.32 Å². The summed E-state index contributed by atoms with van der Waals surface area (Å²) in [6.07, 6.45) is 1.49. The van der Waals surface area contributed by atoms with Crippen molar-refractivity contribution in [1.29, 1.82) is 0 Å². The zero-order valence-electron chi connectivity index (χ0n) is 12.4. The average molecular weight is 288 g/mol. The Kier molecular flexibility index (Phi) is 5.11. The highest BCUT2D eigenvalue weighted by Crippen LogP contribution is 2.21. The summed E-state index contributed by atoms with van der Waals surface area (Å²) in [4.78, 5) is 25.8. The molecule has 0 fully saturated rings. The Morgan fingerprint density at radius 2 is 1.95 bits per heavy atom. The molecule has 0 unspecified atom stereocenters. The number of ketones is 1. The SMILES string of the molecule is CCNC(=O)CN(CC)CC(=O)c1coc2ccccc12. The third kappa shape index (κ3) is 3.70. The summed E-state index contributed by atoms with van der Waals surface area (Å²) in [6, 6.07) is 7.44. The van der Waals surface area contributed by atoms with Gasteiger partial charge in [0.1, 0.15) is 11.8 Å². The van der Waals surface area contributed by atoms with Gasteiger partial charge in [-0.15, -0.1) is 0 Å². The molecule has 0 spiro atoms. The molecule has 0 saturated heterocycles. The van der Waals surface area contributed by atoms with Crippen LogP contribution in [0.1, 0.15) is 24.2 Å². The number of likely N-dealkylation sites (N-methyl/N-ethyl adjacent to an activating group) is 2. The highest BCUT2D eigenvalue weighted by Gasteiger charge is 2.17. The van der Waals surface area contributed by atoms with Crippen LogP contribution in [0, 0.1) is 0 Å². The lowest BCUT2D eigenvalue weighted by molar-refractivity contribution is -0.121. The molecule has 1 amide bonds. The van der Waals surface area contributed by atoms with E-state index in [1.165, 1.54) is 6.26 Å². The normalized spacial score (nSPS) is 11.0. The molecule has 21 heavy (non-hydrogen) atoms. The number of rotatable bonds is 7. The zero-order chi connectivity index (χ0) is 15.2. The van der Waals surface area contributed by atoms with E-state index < -0.39 is 0 Å². The van der Waals surface area contributed by atoms with Gasteiger partial charge in [-0.1, -0.05) is 25.1 Å². The number of carbonyl (C=O) groups is 2. The Morgan fingerprint density at radius 3 is 2.67 bits per heavy atom. The van der Waals surface area contributed by atoms with Crippen molar-refractivity contribution in [3.63, 3.8) is 0 Å². The third-order valence-electron chi connectivity index (χ3n) is 3.34. The number of hydrogen-bond acceptors (Lipinski definition) is 4. The Bertz CT molecular complexity index is 633. The van der Waals surface area contributed by atoms with Crippen LogP contribution >= 0.6 is 0 Å². The van der Waals surface area contributed by atoms with Gasteiger partial charge in [-0.05, 0) is 19.5 Å². The number of hydrogen-bond donors (Lipinski definition) is 1. The fourth-order valence-electron chi connectivity index (χ4n) is 2.22. The number of nitrogens with zero attached hydrogens (tertiary/aromatic N) is 1. The van der Waals surface area contributed by atoms with Crippen LogP contribution in [0.15, 0.2) is 34.9 Å². The van der Waals surface area contributed by atoms with Gasteiger partial charge < -0.3 is 9.73 Å². The predicted octanol–water partition coefficient (Wildman–Crippen LogP) is 2.07. The van der Waals surface area contributed by atoms with E-state index in [0.29, 0.717) is 24.2 Å². The second kappa shape index (κ2) is 7.04. The molecule has 1 heterocycles. The molecule has 1 N–H and O–H groups in total. The summed E-state index contributed by atoms with van der Waals surface area (Å²) < 4.78 is 5.39. The molecule has 0 aliphatic heterocycles. The summed E-state index contributed by atoms with van der Waals surface area (Å²) in [5.74, 6) is -0.102. The smallest absolute Gasteiger partial charge is 0.234 e. The molecular formula is C16H20N2O3. The zero-order valence-corrected chi connectivity index (χ0v) is 12.4. The van der Waals surface area contributed by atoms with E-state index in [-0.39, 0.29) is 24.8 Å². The molecule has 112 valence electrons. The Labute approximate surface area is 123 Å². The van der Waals surface area contributed by atoms with Gasteiger partial charge in [0.15, 0.2) is 5.78 Å². The van der Waals surface area contributed by atoms with Crippen LogP contribution in [-0.2, 0) is 4.79 Å². The van der Waals surface area contributed by atoms with Gasteiger partial charge in [0.2, 0.25) is 5.91 Å². The van der Waals surface area contributed by atoms with Crippen molar-refractivity contribution in [2.45, 2.75) is 13.8 Å². The minimum absolute atomic E-state index is 0.0360. The van der Waals surface area contributed by atoms with Crippen molar-refractivity contribution in [3.8, 4) is 0 Å². The molecule has 0 saturated carbocycles. The van der Waals surface area contributed by atoms with Gasteiger partial charge in [0, 0.05) is 11.9 Å². The third-order valence-corrected chi connectivity index (χ3v) is 3.34. The van der Waals surface area contributed by atoms with Gasteiger partial charge in [-0.25, -0.2) is 0 Å². The fraction of sp³-hybridized carbons (Fsp3) is 0.375. The fourth-order valence-corrected chi connectivity index (χ4v) is 2.22. The summed E-state index contributed by atoms with van der Waals surface area (Å²) >= 11 is 0. The maximum absolute atomic E-state index is 12.4. The number of Topliss-reactive ketones (excluding diaryl/α,β-unsaturated/α-hetero) is 1. The molecule has 0 aliphatic carbocycles. The van der Waals surface area contributed by atoms with E-state index in [1.807, 2.05) is 43.0 Å². The van der Waals surface area contributed by atoms with Crippen LogP contribution in [-0.4, -0.2) is 42.8 Å². The lowest BCUT2D eigenvalue weighted by Gasteiger charge is -2.18. The van der Waals surface area contributed by atoms with Crippen molar-refractivity contribution < 1.29 is 14.0 Å². The van der Waals surface area contributed by atoms with Crippen LogP contribution in [0.2, 0.25) is 0 Å². The topological polar surface area (TPSA) is 62.6 Å². The molecule has 5 nitrogen and oxygen atoms in total. The maximum Gasteiger partial charge on any atom is 0.234 e. The number of fused-ring (bicyclic) bond motifs is 1. The molecule has 1 aromatic carbocycles. The summed E-state index contributed by atoms with van der Waals surface area (Å²) in [6.45, 7) is 5.47. The maximum atomic E-state index is 12.4. The second-order valence-corrected chi connectivity index (χ2v) is 4.83. The highest BCUT2D eigenvalue weighted by molar-refractivity contribution is 6.08. The van der Waals surface area contributed by atoms with Crippen LogP contribution in [0.4, 0.5) is 0 Å². The van der Waals surface area contributed by atoms with Crippen molar-refractivity contribution in [3.05, 3.63) is 36.1 Å². The predicted molar refractivity (Wildman–Crippen MR) is 81.3 cm³/mol. The number of carbonyl (C=O) groups excluding carboxylic acids is 2. The van der Waals surface area contributed by atoms with Crippen LogP contribution in [0.5, 0.6) is 0 Å². The van der Waals surface area contributed by atoms with Gasteiger partial charge in [0.25, 0.3) is 0 Å². The molecule has 2 aromatic rings. The van der Waals surface area contributed by atoms with Gasteiger partial charge in [-0.3, -0.25) is 14.5 Å². The quantitative estimate of drug-likeness (QED) is 0.792. The molecule has 0 bridgehead atoms. The number of benzene rings is 1. The van der Waals surface area contributed by atoms with Crippen LogP contribution < -0.4 is 5.32 Å². The van der Waals surface area contributed by atoms with Crippen molar-refractivity contribution in [1.82, 2.24) is 10.2 Å². The number of para-hydroxylation sites is 1.